The summed E-state index contributed by atoms with van der Waals surface area (Å²) >= 11 is 0. The van der Waals surface area contributed by atoms with Crippen LogP contribution in [0.5, 0.6) is 0 Å². The topological polar surface area (TPSA) is 107 Å². The number of ether oxygens (including phenoxy) is 3. The van der Waals surface area contributed by atoms with Crippen molar-refractivity contribution in [2.75, 3.05) is 46.1 Å². The highest BCUT2D eigenvalue weighted by molar-refractivity contribution is 6.44. The summed E-state index contributed by atoms with van der Waals surface area (Å²) in [4.78, 5) is 30.2. The average Bonchev–Trinajstić information content (AvgIpc) is 3.27. The summed E-state index contributed by atoms with van der Waals surface area (Å²) in [6.07, 6.45) is 1.72. The van der Waals surface area contributed by atoms with E-state index in [1.165, 1.54) is 5.57 Å². The fraction of sp³-hybridized carbons (Fsp3) is 0.556. The first-order valence-corrected chi connectivity index (χ1v) is 8.69. The molecule has 0 radical (unpaired) electrons. The second-order valence-electron chi connectivity index (χ2n) is 6.12. The molecule has 0 atom stereocenters. The van der Waals surface area contributed by atoms with E-state index in [1.807, 2.05) is 0 Å². The molecule has 0 bridgehead atoms. The highest BCUT2D eigenvalue weighted by Gasteiger charge is 2.28. The number of hydrogen-bond donors (Lipinski definition) is 1. The van der Waals surface area contributed by atoms with Gasteiger partial charge in [-0.05, 0) is 30.9 Å². The zero-order valence-corrected chi connectivity index (χ0v) is 14.7. The number of rotatable bonds is 3. The predicted molar refractivity (Wildman–Crippen MR) is 93.8 cm³/mol. The molecule has 0 unspecified atom stereocenters. The number of nitrogens with zero attached hydrogens (tertiary/aromatic N) is 2. The number of carboxylic acid groups (broad SMARTS) is 1. The molecule has 4 rings (SSSR count). The van der Waals surface area contributed by atoms with Crippen molar-refractivity contribution >= 4 is 23.4 Å². The highest BCUT2D eigenvalue weighted by Crippen LogP contribution is 2.24. The van der Waals surface area contributed by atoms with Crippen molar-refractivity contribution in [3.05, 3.63) is 22.3 Å². The molecule has 1 N–H and O–H groups in total. The molecule has 0 saturated carbocycles. The van der Waals surface area contributed by atoms with Crippen molar-refractivity contribution in [2.45, 2.75) is 19.8 Å². The maximum absolute atomic E-state index is 11.5. The zero-order valence-electron chi connectivity index (χ0n) is 14.7. The van der Waals surface area contributed by atoms with Crippen LogP contribution in [0.3, 0.4) is 0 Å². The fourth-order valence-corrected chi connectivity index (χ4v) is 3.19. The Hall–Kier alpha value is -2.32. The molecule has 8 nitrogen and oxygen atoms in total. The van der Waals surface area contributed by atoms with Crippen LogP contribution in [0.1, 0.15) is 19.8 Å². The Morgan fingerprint density at radius 1 is 1.00 bits per heavy atom. The van der Waals surface area contributed by atoms with Gasteiger partial charge in [-0.25, -0.2) is 9.59 Å². The van der Waals surface area contributed by atoms with Crippen molar-refractivity contribution < 1.29 is 28.9 Å². The average molecular weight is 362 g/mol. The van der Waals surface area contributed by atoms with Gasteiger partial charge < -0.3 is 19.3 Å². The quantitative estimate of drug-likeness (QED) is 0.750. The Morgan fingerprint density at radius 2 is 1.54 bits per heavy atom. The van der Waals surface area contributed by atoms with Gasteiger partial charge in [-0.1, -0.05) is 0 Å². The molecule has 0 aliphatic carbocycles. The molecule has 0 aromatic rings. The molecule has 140 valence electrons. The van der Waals surface area contributed by atoms with Crippen LogP contribution in [0.4, 0.5) is 0 Å². The van der Waals surface area contributed by atoms with E-state index in [0.29, 0.717) is 45.2 Å². The first kappa shape index (κ1) is 18.5. The monoisotopic (exact) mass is 362 g/mol. The maximum atomic E-state index is 11.5. The minimum absolute atomic E-state index is 0.199. The van der Waals surface area contributed by atoms with Gasteiger partial charge in [0, 0.05) is 11.1 Å². The van der Waals surface area contributed by atoms with E-state index in [9.17, 15) is 9.59 Å². The van der Waals surface area contributed by atoms with Crippen LogP contribution in [0.25, 0.3) is 0 Å². The lowest BCUT2D eigenvalue weighted by Gasteiger charge is -2.15. The summed E-state index contributed by atoms with van der Waals surface area (Å²) in [5.74, 6) is -1.26. The molecular weight excluding hydrogens is 340 g/mol. The van der Waals surface area contributed by atoms with E-state index in [1.54, 1.807) is 6.92 Å². The van der Waals surface area contributed by atoms with Crippen LogP contribution in [0, 0.1) is 0 Å². The minimum atomic E-state index is -0.939. The van der Waals surface area contributed by atoms with Crippen molar-refractivity contribution in [3.8, 4) is 0 Å². The largest absolute Gasteiger partial charge is 0.477 e. The number of aliphatic carboxylic acids is 1. The summed E-state index contributed by atoms with van der Waals surface area (Å²) in [5.41, 5.74) is 4.80. The van der Waals surface area contributed by atoms with Crippen molar-refractivity contribution in [2.24, 2.45) is 9.98 Å². The Morgan fingerprint density at radius 3 is 2.08 bits per heavy atom. The van der Waals surface area contributed by atoms with Crippen molar-refractivity contribution in [1.29, 1.82) is 0 Å². The van der Waals surface area contributed by atoms with Crippen molar-refractivity contribution in [1.82, 2.24) is 0 Å². The number of aliphatic imine (C=N–C) groups is 2. The standard InChI is InChI=1S/C10H13NO3.C8H9NO3/c1-2-14-10(12)9-8-6-13-4-3-7(8)5-11-9;10-8(11)7-6-4-12-2-1-5(6)3-9-7/h2-6H2,1H3;1-4H2,(H,10,11). The molecule has 0 fully saturated rings. The third kappa shape index (κ3) is 3.91. The summed E-state index contributed by atoms with van der Waals surface area (Å²) in [6.45, 7) is 5.74. The highest BCUT2D eigenvalue weighted by atomic mass is 16.5. The summed E-state index contributed by atoms with van der Waals surface area (Å²) in [6, 6.07) is 0. The number of carbonyl (C=O) groups is 2. The second kappa shape index (κ2) is 8.37. The van der Waals surface area contributed by atoms with Gasteiger partial charge in [0.1, 0.15) is 11.4 Å². The zero-order chi connectivity index (χ0) is 18.5. The first-order chi connectivity index (χ1) is 12.6. The van der Waals surface area contributed by atoms with Gasteiger partial charge in [-0.2, -0.15) is 0 Å². The van der Waals surface area contributed by atoms with Gasteiger partial charge in [0.2, 0.25) is 0 Å². The van der Waals surface area contributed by atoms with Crippen LogP contribution >= 0.6 is 0 Å². The molecule has 0 aromatic heterocycles. The Labute approximate surface area is 151 Å². The normalized spacial score (nSPS) is 21.3. The summed E-state index contributed by atoms with van der Waals surface area (Å²) < 4.78 is 15.4. The number of esters is 1. The second-order valence-corrected chi connectivity index (χ2v) is 6.12. The number of carbonyl (C=O) groups excluding carboxylic acids is 1. The lowest BCUT2D eigenvalue weighted by Crippen LogP contribution is -2.23. The van der Waals surface area contributed by atoms with E-state index < -0.39 is 5.97 Å². The Kier molecular flexibility index (Phi) is 5.95. The third-order valence-corrected chi connectivity index (χ3v) is 4.54. The molecule has 0 spiro atoms. The molecule has 4 heterocycles. The molecule has 4 aliphatic heterocycles. The molecule has 0 saturated heterocycles. The first-order valence-electron chi connectivity index (χ1n) is 8.69. The van der Waals surface area contributed by atoms with E-state index in [0.717, 1.165) is 36.2 Å². The fourth-order valence-electron chi connectivity index (χ4n) is 3.19. The summed E-state index contributed by atoms with van der Waals surface area (Å²) in [5, 5.41) is 8.73. The number of hydrogen-bond acceptors (Lipinski definition) is 7. The van der Waals surface area contributed by atoms with Crippen LogP contribution in [-0.2, 0) is 23.8 Å². The molecule has 26 heavy (non-hydrogen) atoms. The number of carboxylic acids is 1. The lowest BCUT2D eigenvalue weighted by atomic mass is 10.0. The SMILES string of the molecule is CCOC(=O)C1=NCC2=C1COCC2.O=C(O)C1=NCC2=C1COCC2. The van der Waals surface area contributed by atoms with Crippen LogP contribution in [0.2, 0.25) is 0 Å². The summed E-state index contributed by atoms with van der Waals surface area (Å²) in [7, 11) is 0. The van der Waals surface area contributed by atoms with Crippen LogP contribution in [0.15, 0.2) is 32.3 Å². The van der Waals surface area contributed by atoms with Gasteiger partial charge in [-0.15, -0.1) is 0 Å². The van der Waals surface area contributed by atoms with E-state index in [2.05, 4.69) is 9.98 Å². The van der Waals surface area contributed by atoms with E-state index in [4.69, 9.17) is 19.3 Å². The van der Waals surface area contributed by atoms with Gasteiger partial charge in [-0.3, -0.25) is 9.98 Å². The third-order valence-electron chi connectivity index (χ3n) is 4.54. The van der Waals surface area contributed by atoms with Gasteiger partial charge in [0.15, 0.2) is 0 Å². The predicted octanol–water partition coefficient (Wildman–Crippen LogP) is 0.964. The molecular formula is C18H22N2O6. The molecule has 0 aromatic carbocycles. The molecule has 8 heteroatoms. The maximum Gasteiger partial charge on any atom is 0.356 e. The minimum Gasteiger partial charge on any atom is -0.477 e. The van der Waals surface area contributed by atoms with Gasteiger partial charge in [0.05, 0.1) is 46.1 Å². The van der Waals surface area contributed by atoms with Gasteiger partial charge in [0.25, 0.3) is 0 Å². The smallest absolute Gasteiger partial charge is 0.356 e. The van der Waals surface area contributed by atoms with E-state index in [-0.39, 0.29) is 11.7 Å². The Balaban J connectivity index is 0.000000152. The van der Waals surface area contributed by atoms with Crippen LogP contribution < -0.4 is 0 Å². The van der Waals surface area contributed by atoms with Crippen LogP contribution in [-0.4, -0.2) is 74.6 Å². The molecule has 4 aliphatic rings. The van der Waals surface area contributed by atoms with Crippen molar-refractivity contribution in [3.63, 3.8) is 0 Å². The lowest BCUT2D eigenvalue weighted by molar-refractivity contribution is -0.135. The van der Waals surface area contributed by atoms with E-state index >= 15 is 0 Å². The van der Waals surface area contributed by atoms with Gasteiger partial charge >= 0.3 is 11.9 Å². The Bertz CT molecular complexity index is 732. The molecule has 0 amide bonds.